The van der Waals surface area contributed by atoms with Crippen molar-refractivity contribution >= 4 is 5.69 Å². The van der Waals surface area contributed by atoms with Crippen molar-refractivity contribution in [3.63, 3.8) is 0 Å². The smallest absolute Gasteiger partial charge is 0.0414 e. The van der Waals surface area contributed by atoms with E-state index in [1.807, 2.05) is 0 Å². The van der Waals surface area contributed by atoms with E-state index in [9.17, 15) is 0 Å². The van der Waals surface area contributed by atoms with E-state index < -0.39 is 0 Å². The Morgan fingerprint density at radius 2 is 1.60 bits per heavy atom. The Morgan fingerprint density at radius 3 is 2.15 bits per heavy atom. The van der Waals surface area contributed by atoms with Crippen molar-refractivity contribution < 1.29 is 0 Å². The van der Waals surface area contributed by atoms with E-state index in [2.05, 4.69) is 76.0 Å². The topological polar surface area (TPSA) is 15.3 Å². The highest BCUT2D eigenvalue weighted by atomic mass is 15.2. The van der Waals surface area contributed by atoms with E-state index >= 15 is 0 Å². The highest BCUT2D eigenvalue weighted by Crippen LogP contribution is 2.23. The lowest BCUT2D eigenvalue weighted by Crippen LogP contribution is -2.35. The van der Waals surface area contributed by atoms with Gasteiger partial charge in [-0.15, -0.1) is 0 Å². The standard InChI is InChI=1S/C18H32N2/c1-14(2)11-19-12-17-9-7-8-10-18(17)20(16(5)6)13-15(3)4/h7-10,14-16,19H,11-13H2,1-6H3. The minimum atomic E-state index is 0.531. The summed E-state index contributed by atoms with van der Waals surface area (Å²) in [5.74, 6) is 1.37. The number of rotatable bonds is 8. The molecule has 0 saturated heterocycles. The molecule has 1 N–H and O–H groups in total. The van der Waals surface area contributed by atoms with Crippen LogP contribution < -0.4 is 10.2 Å². The van der Waals surface area contributed by atoms with Crippen LogP contribution in [0.15, 0.2) is 24.3 Å². The number of para-hydroxylation sites is 1. The van der Waals surface area contributed by atoms with Crippen LogP contribution in [0.1, 0.15) is 47.1 Å². The molecule has 1 aromatic rings. The van der Waals surface area contributed by atoms with Crippen LogP contribution >= 0.6 is 0 Å². The van der Waals surface area contributed by atoms with Gasteiger partial charge in [-0.3, -0.25) is 0 Å². The molecule has 1 aromatic carbocycles. The Labute approximate surface area is 125 Å². The maximum atomic E-state index is 3.56. The number of nitrogens with one attached hydrogen (secondary N) is 1. The first-order valence-electron chi connectivity index (χ1n) is 7.97. The third-order valence-corrected chi connectivity index (χ3v) is 3.35. The van der Waals surface area contributed by atoms with Crippen LogP contribution in [0.2, 0.25) is 0 Å². The molecule has 2 heteroatoms. The quantitative estimate of drug-likeness (QED) is 0.761. The molecule has 0 heterocycles. The van der Waals surface area contributed by atoms with Gasteiger partial charge in [0, 0.05) is 24.8 Å². The van der Waals surface area contributed by atoms with Gasteiger partial charge in [-0.2, -0.15) is 0 Å². The fourth-order valence-corrected chi connectivity index (χ4v) is 2.42. The van der Waals surface area contributed by atoms with Crippen molar-refractivity contribution in [2.45, 2.75) is 54.1 Å². The van der Waals surface area contributed by atoms with Crippen molar-refractivity contribution in [2.24, 2.45) is 11.8 Å². The van der Waals surface area contributed by atoms with E-state index in [1.54, 1.807) is 0 Å². The molecule has 1 rings (SSSR count). The van der Waals surface area contributed by atoms with Gasteiger partial charge in [-0.1, -0.05) is 45.9 Å². The van der Waals surface area contributed by atoms with Crippen LogP contribution in [-0.2, 0) is 6.54 Å². The monoisotopic (exact) mass is 276 g/mol. The summed E-state index contributed by atoms with van der Waals surface area (Å²) >= 11 is 0. The zero-order valence-corrected chi connectivity index (χ0v) is 14.1. The summed E-state index contributed by atoms with van der Waals surface area (Å²) in [6.07, 6.45) is 0. The molecule has 0 aliphatic rings. The minimum Gasteiger partial charge on any atom is -0.369 e. The molecule has 0 aromatic heterocycles. The number of benzene rings is 1. The van der Waals surface area contributed by atoms with E-state index in [0.717, 1.165) is 19.6 Å². The Balaban J connectivity index is 2.85. The largest absolute Gasteiger partial charge is 0.369 e. The number of anilines is 1. The Bertz CT molecular complexity index is 383. The van der Waals surface area contributed by atoms with Crippen LogP contribution in [0.3, 0.4) is 0 Å². The van der Waals surface area contributed by atoms with Crippen LogP contribution in [0.25, 0.3) is 0 Å². The lowest BCUT2D eigenvalue weighted by molar-refractivity contribution is 0.545. The molecule has 114 valence electrons. The lowest BCUT2D eigenvalue weighted by atomic mass is 10.1. The molecule has 0 spiro atoms. The predicted octanol–water partition coefficient (Wildman–Crippen LogP) is 4.30. The Hall–Kier alpha value is -1.02. The van der Waals surface area contributed by atoms with Crippen LogP contribution in [0.4, 0.5) is 5.69 Å². The third kappa shape index (κ3) is 5.54. The fourth-order valence-electron chi connectivity index (χ4n) is 2.42. The molecule has 20 heavy (non-hydrogen) atoms. The fraction of sp³-hybridized carbons (Fsp3) is 0.667. The normalized spacial score (nSPS) is 11.7. The van der Waals surface area contributed by atoms with E-state index in [4.69, 9.17) is 0 Å². The summed E-state index contributed by atoms with van der Waals surface area (Å²) < 4.78 is 0. The zero-order chi connectivity index (χ0) is 15.1. The molecule has 0 fully saturated rings. The second-order valence-electron chi connectivity index (χ2n) is 6.79. The molecule has 0 aliphatic carbocycles. The highest BCUT2D eigenvalue weighted by molar-refractivity contribution is 5.54. The second kappa shape index (κ2) is 8.31. The molecular weight excluding hydrogens is 244 g/mol. The van der Waals surface area contributed by atoms with E-state index in [0.29, 0.717) is 17.9 Å². The van der Waals surface area contributed by atoms with E-state index in [-0.39, 0.29) is 0 Å². The van der Waals surface area contributed by atoms with Crippen molar-refractivity contribution in [2.75, 3.05) is 18.0 Å². The van der Waals surface area contributed by atoms with Gasteiger partial charge in [0.1, 0.15) is 0 Å². The van der Waals surface area contributed by atoms with Gasteiger partial charge < -0.3 is 10.2 Å². The van der Waals surface area contributed by atoms with Gasteiger partial charge in [0.2, 0.25) is 0 Å². The third-order valence-electron chi connectivity index (χ3n) is 3.35. The SMILES string of the molecule is CC(C)CNCc1ccccc1N(CC(C)C)C(C)C. The van der Waals surface area contributed by atoms with Crippen molar-refractivity contribution in [3.05, 3.63) is 29.8 Å². The first-order valence-corrected chi connectivity index (χ1v) is 7.97. The van der Waals surface area contributed by atoms with Crippen molar-refractivity contribution in [1.82, 2.24) is 5.32 Å². The number of nitrogens with zero attached hydrogens (tertiary/aromatic N) is 1. The molecule has 0 atom stereocenters. The van der Waals surface area contributed by atoms with E-state index in [1.165, 1.54) is 11.3 Å². The minimum absolute atomic E-state index is 0.531. The summed E-state index contributed by atoms with van der Waals surface area (Å²) in [6.45, 7) is 16.8. The van der Waals surface area contributed by atoms with Crippen LogP contribution in [0, 0.1) is 11.8 Å². The summed E-state index contributed by atoms with van der Waals surface area (Å²) in [6, 6.07) is 9.33. The number of hydrogen-bond donors (Lipinski definition) is 1. The highest BCUT2D eigenvalue weighted by Gasteiger charge is 2.15. The molecule has 0 unspecified atom stereocenters. The molecule has 0 amide bonds. The summed E-state index contributed by atoms with van der Waals surface area (Å²) in [4.78, 5) is 2.52. The van der Waals surface area contributed by atoms with Gasteiger partial charge in [0.25, 0.3) is 0 Å². The van der Waals surface area contributed by atoms with Gasteiger partial charge >= 0.3 is 0 Å². The second-order valence-corrected chi connectivity index (χ2v) is 6.79. The van der Waals surface area contributed by atoms with Gasteiger partial charge in [0.05, 0.1) is 0 Å². The Morgan fingerprint density at radius 1 is 0.950 bits per heavy atom. The summed E-state index contributed by atoms with van der Waals surface area (Å²) in [7, 11) is 0. The maximum absolute atomic E-state index is 3.56. The molecule has 0 aliphatic heterocycles. The van der Waals surface area contributed by atoms with Crippen LogP contribution in [-0.4, -0.2) is 19.1 Å². The maximum Gasteiger partial charge on any atom is 0.0414 e. The molecule has 0 saturated carbocycles. The first kappa shape index (κ1) is 17.0. The van der Waals surface area contributed by atoms with Crippen molar-refractivity contribution in [3.8, 4) is 0 Å². The first-order chi connectivity index (χ1) is 9.41. The van der Waals surface area contributed by atoms with Crippen LogP contribution in [0.5, 0.6) is 0 Å². The predicted molar refractivity (Wildman–Crippen MR) is 90.3 cm³/mol. The van der Waals surface area contributed by atoms with Gasteiger partial charge in [-0.25, -0.2) is 0 Å². The molecule has 2 nitrogen and oxygen atoms in total. The average Bonchev–Trinajstić information content (AvgIpc) is 2.36. The van der Waals surface area contributed by atoms with Gasteiger partial charge in [-0.05, 0) is 43.9 Å². The summed E-state index contributed by atoms with van der Waals surface area (Å²) in [5, 5.41) is 3.56. The molecule has 0 radical (unpaired) electrons. The molecule has 0 bridgehead atoms. The summed E-state index contributed by atoms with van der Waals surface area (Å²) in [5.41, 5.74) is 2.79. The zero-order valence-electron chi connectivity index (χ0n) is 14.1. The Kier molecular flexibility index (Phi) is 7.08. The van der Waals surface area contributed by atoms with Gasteiger partial charge in [0.15, 0.2) is 0 Å². The number of hydrogen-bond acceptors (Lipinski definition) is 2. The molecular formula is C18H32N2. The average molecular weight is 276 g/mol. The van der Waals surface area contributed by atoms with Crippen molar-refractivity contribution in [1.29, 1.82) is 0 Å². The lowest BCUT2D eigenvalue weighted by Gasteiger charge is -2.32.